The number of ketones is 1. The summed E-state index contributed by atoms with van der Waals surface area (Å²) in [6, 6.07) is -2.11. The Labute approximate surface area is 99.1 Å². The molecule has 0 aliphatic heterocycles. The van der Waals surface area contributed by atoms with Gasteiger partial charge in [-0.2, -0.15) is 0 Å². The van der Waals surface area contributed by atoms with E-state index in [2.05, 4.69) is 0 Å². The fraction of sp³-hybridized carbons (Fsp3) is 0.700. The monoisotopic (exact) mass is 246 g/mol. The van der Waals surface area contributed by atoms with Crippen LogP contribution in [0.1, 0.15) is 26.7 Å². The van der Waals surface area contributed by atoms with Gasteiger partial charge in [-0.25, -0.2) is 0 Å². The molecule has 17 heavy (non-hydrogen) atoms. The van der Waals surface area contributed by atoms with Gasteiger partial charge in [0.05, 0.1) is 0 Å². The molecule has 3 unspecified atom stereocenters. The topological polar surface area (TPSA) is 133 Å². The van der Waals surface area contributed by atoms with E-state index in [0.717, 1.165) is 0 Å². The predicted molar refractivity (Wildman–Crippen MR) is 59.1 cm³/mol. The van der Waals surface area contributed by atoms with Gasteiger partial charge in [-0.3, -0.25) is 14.4 Å². The predicted octanol–water partition coefficient (Wildman–Crippen LogP) is -0.973. The minimum absolute atomic E-state index is 0.00609. The number of carboxylic acids is 1. The molecule has 0 spiro atoms. The first-order chi connectivity index (χ1) is 7.73. The van der Waals surface area contributed by atoms with Crippen LogP contribution in [0.2, 0.25) is 0 Å². The standard InChI is InChI=1S/C10H18N2O5/c1-5(13)3-8(12)10(16)17-6(2)4-7(11)9(14)15/h6-8H,3-4,11-12H2,1-2H3,(H,14,15). The van der Waals surface area contributed by atoms with Gasteiger partial charge in [0.1, 0.15) is 24.0 Å². The van der Waals surface area contributed by atoms with Crippen molar-refractivity contribution in [3.05, 3.63) is 0 Å². The summed E-state index contributed by atoms with van der Waals surface area (Å²) in [7, 11) is 0. The van der Waals surface area contributed by atoms with Crippen molar-refractivity contribution >= 4 is 17.7 Å². The Hall–Kier alpha value is -1.47. The van der Waals surface area contributed by atoms with Crippen LogP contribution in [0.5, 0.6) is 0 Å². The second-order valence-electron chi connectivity index (χ2n) is 3.94. The van der Waals surface area contributed by atoms with Crippen LogP contribution in [0.3, 0.4) is 0 Å². The van der Waals surface area contributed by atoms with Crippen molar-refractivity contribution in [1.29, 1.82) is 0 Å². The number of nitrogens with two attached hydrogens (primary N) is 2. The lowest BCUT2D eigenvalue weighted by Crippen LogP contribution is -2.39. The van der Waals surface area contributed by atoms with Gasteiger partial charge in [0.2, 0.25) is 0 Å². The lowest BCUT2D eigenvalue weighted by molar-refractivity contribution is -0.152. The molecule has 3 atom stereocenters. The van der Waals surface area contributed by atoms with E-state index in [4.69, 9.17) is 21.3 Å². The summed E-state index contributed by atoms with van der Waals surface area (Å²) in [5.41, 5.74) is 10.7. The molecule has 0 aromatic carbocycles. The number of carbonyl (C=O) groups excluding carboxylic acids is 2. The molecule has 0 saturated heterocycles. The molecule has 0 aliphatic rings. The zero-order valence-corrected chi connectivity index (χ0v) is 9.88. The van der Waals surface area contributed by atoms with Crippen LogP contribution in [-0.2, 0) is 19.1 Å². The molecule has 7 nitrogen and oxygen atoms in total. The Bertz CT molecular complexity index is 305. The van der Waals surface area contributed by atoms with E-state index in [9.17, 15) is 14.4 Å². The first-order valence-corrected chi connectivity index (χ1v) is 5.18. The van der Waals surface area contributed by atoms with Gasteiger partial charge in [0.15, 0.2) is 0 Å². The molecule has 0 aliphatic carbocycles. The molecule has 0 amide bonds. The van der Waals surface area contributed by atoms with Crippen molar-refractivity contribution in [2.75, 3.05) is 0 Å². The van der Waals surface area contributed by atoms with E-state index in [1.807, 2.05) is 0 Å². The summed E-state index contributed by atoms with van der Waals surface area (Å²) in [6.45, 7) is 2.83. The number of ether oxygens (including phenoxy) is 1. The normalized spacial score (nSPS) is 15.8. The maximum atomic E-state index is 11.4. The third-order valence-electron chi connectivity index (χ3n) is 2.03. The van der Waals surface area contributed by atoms with Crippen LogP contribution in [0.15, 0.2) is 0 Å². The average Bonchev–Trinajstić information content (AvgIpc) is 2.15. The lowest BCUT2D eigenvalue weighted by atomic mass is 10.1. The quantitative estimate of drug-likeness (QED) is 0.492. The van der Waals surface area contributed by atoms with E-state index in [1.165, 1.54) is 13.8 Å². The summed E-state index contributed by atoms with van der Waals surface area (Å²) in [4.78, 5) is 32.5. The van der Waals surface area contributed by atoms with Crippen LogP contribution in [0.4, 0.5) is 0 Å². The zero-order valence-electron chi connectivity index (χ0n) is 9.88. The Balaban J connectivity index is 4.11. The van der Waals surface area contributed by atoms with E-state index in [-0.39, 0.29) is 18.6 Å². The number of hydrogen-bond acceptors (Lipinski definition) is 6. The van der Waals surface area contributed by atoms with Gasteiger partial charge in [0, 0.05) is 12.8 Å². The number of hydrogen-bond donors (Lipinski definition) is 3. The summed E-state index contributed by atoms with van der Waals surface area (Å²) in [6.07, 6.45) is -0.767. The van der Waals surface area contributed by atoms with Crippen LogP contribution in [0.25, 0.3) is 0 Å². The first kappa shape index (κ1) is 15.5. The highest BCUT2D eigenvalue weighted by molar-refractivity contribution is 5.85. The Morgan fingerprint density at radius 3 is 2.18 bits per heavy atom. The number of carbonyl (C=O) groups is 3. The van der Waals surface area contributed by atoms with Crippen molar-refractivity contribution < 1.29 is 24.2 Å². The first-order valence-electron chi connectivity index (χ1n) is 5.18. The Morgan fingerprint density at radius 2 is 1.76 bits per heavy atom. The molecule has 0 aromatic heterocycles. The fourth-order valence-corrected chi connectivity index (χ4v) is 1.19. The molecule has 0 rings (SSSR count). The molecule has 0 bridgehead atoms. The number of Topliss-reactive ketones (excluding diaryl/α,β-unsaturated/α-hetero) is 1. The van der Waals surface area contributed by atoms with Crippen molar-refractivity contribution in [1.82, 2.24) is 0 Å². The van der Waals surface area contributed by atoms with Gasteiger partial charge in [0.25, 0.3) is 0 Å². The molecule has 0 aromatic rings. The largest absolute Gasteiger partial charge is 0.480 e. The highest BCUT2D eigenvalue weighted by atomic mass is 16.5. The molecular weight excluding hydrogens is 228 g/mol. The number of carboxylic acid groups (broad SMARTS) is 1. The molecule has 0 saturated carbocycles. The van der Waals surface area contributed by atoms with Gasteiger partial charge in [-0.05, 0) is 13.8 Å². The molecule has 0 radical (unpaired) electrons. The maximum Gasteiger partial charge on any atom is 0.323 e. The second kappa shape index (κ2) is 6.97. The van der Waals surface area contributed by atoms with Gasteiger partial charge in [-0.15, -0.1) is 0 Å². The van der Waals surface area contributed by atoms with E-state index < -0.39 is 30.1 Å². The third-order valence-corrected chi connectivity index (χ3v) is 2.03. The van der Waals surface area contributed by atoms with Crippen LogP contribution >= 0.6 is 0 Å². The summed E-state index contributed by atoms with van der Waals surface area (Å²) in [5.74, 6) is -2.12. The lowest BCUT2D eigenvalue weighted by Gasteiger charge is -2.17. The van der Waals surface area contributed by atoms with Crippen molar-refractivity contribution in [2.45, 2.75) is 44.9 Å². The zero-order chi connectivity index (χ0) is 13.6. The van der Waals surface area contributed by atoms with Crippen LogP contribution in [0, 0.1) is 0 Å². The Morgan fingerprint density at radius 1 is 1.24 bits per heavy atom. The molecule has 98 valence electrons. The second-order valence-corrected chi connectivity index (χ2v) is 3.94. The fourth-order valence-electron chi connectivity index (χ4n) is 1.19. The van der Waals surface area contributed by atoms with Gasteiger partial charge >= 0.3 is 11.9 Å². The van der Waals surface area contributed by atoms with E-state index >= 15 is 0 Å². The molecule has 5 N–H and O–H groups in total. The molecule has 7 heteroatoms. The van der Waals surface area contributed by atoms with Crippen molar-refractivity contribution in [2.24, 2.45) is 11.5 Å². The van der Waals surface area contributed by atoms with Crippen LogP contribution in [-0.4, -0.2) is 41.0 Å². The number of rotatable bonds is 7. The molecule has 0 heterocycles. The Kier molecular flexibility index (Phi) is 6.37. The molecule has 0 fully saturated rings. The number of esters is 1. The highest BCUT2D eigenvalue weighted by Crippen LogP contribution is 2.04. The summed E-state index contributed by atoms with van der Waals surface area (Å²) < 4.78 is 4.87. The molecular formula is C10H18N2O5. The van der Waals surface area contributed by atoms with E-state index in [1.54, 1.807) is 0 Å². The minimum atomic E-state index is -1.17. The summed E-state index contributed by atoms with van der Waals surface area (Å²) in [5, 5.41) is 8.56. The van der Waals surface area contributed by atoms with E-state index in [0.29, 0.717) is 0 Å². The average molecular weight is 246 g/mol. The SMILES string of the molecule is CC(=O)CC(N)C(=O)OC(C)CC(N)C(=O)O. The smallest absolute Gasteiger partial charge is 0.323 e. The number of aliphatic carboxylic acids is 1. The van der Waals surface area contributed by atoms with Gasteiger partial charge in [-0.1, -0.05) is 0 Å². The highest BCUT2D eigenvalue weighted by Gasteiger charge is 2.22. The summed E-state index contributed by atoms with van der Waals surface area (Å²) >= 11 is 0. The van der Waals surface area contributed by atoms with Crippen molar-refractivity contribution in [3.8, 4) is 0 Å². The van der Waals surface area contributed by atoms with Crippen LogP contribution < -0.4 is 11.5 Å². The third kappa shape index (κ3) is 6.64. The van der Waals surface area contributed by atoms with Gasteiger partial charge < -0.3 is 21.3 Å². The minimum Gasteiger partial charge on any atom is -0.480 e. The maximum absolute atomic E-state index is 11.4. The van der Waals surface area contributed by atoms with Crippen molar-refractivity contribution in [3.63, 3.8) is 0 Å².